The molecule has 0 bridgehead atoms. The summed E-state index contributed by atoms with van der Waals surface area (Å²) in [4.78, 5) is -0.0468. The Morgan fingerprint density at radius 3 is 2.74 bits per heavy atom. The highest BCUT2D eigenvalue weighted by Crippen LogP contribution is 2.28. The Bertz CT molecular complexity index is 535. The van der Waals surface area contributed by atoms with Gasteiger partial charge >= 0.3 is 0 Å². The molecule has 1 aromatic carbocycles. The average Bonchev–Trinajstić information content (AvgIpc) is 2.38. The molecule has 0 spiro atoms. The van der Waals surface area contributed by atoms with E-state index in [2.05, 4.69) is 4.72 Å². The van der Waals surface area contributed by atoms with Crippen molar-refractivity contribution in [2.45, 2.75) is 36.0 Å². The van der Waals surface area contributed by atoms with Crippen molar-refractivity contribution in [3.05, 3.63) is 30.1 Å². The van der Waals surface area contributed by atoms with Crippen LogP contribution in [0.2, 0.25) is 0 Å². The van der Waals surface area contributed by atoms with Crippen molar-refractivity contribution in [1.29, 1.82) is 0 Å². The molecule has 1 aliphatic carbocycles. The van der Waals surface area contributed by atoms with Crippen LogP contribution in [0.4, 0.5) is 4.39 Å². The van der Waals surface area contributed by atoms with Crippen LogP contribution < -0.4 is 4.72 Å². The maximum Gasteiger partial charge on any atom is 0.240 e. The van der Waals surface area contributed by atoms with E-state index in [1.807, 2.05) is 0 Å². The quantitative estimate of drug-likeness (QED) is 0.869. The van der Waals surface area contributed by atoms with E-state index in [1.165, 1.54) is 18.2 Å². The van der Waals surface area contributed by atoms with E-state index in [-0.39, 0.29) is 16.2 Å². The maximum atomic E-state index is 13.0. The first-order valence-corrected chi connectivity index (χ1v) is 8.30. The van der Waals surface area contributed by atoms with Crippen molar-refractivity contribution >= 4 is 21.6 Å². The second-order valence-corrected chi connectivity index (χ2v) is 7.20. The van der Waals surface area contributed by atoms with Crippen molar-refractivity contribution in [2.24, 2.45) is 5.92 Å². The minimum atomic E-state index is -3.65. The van der Waals surface area contributed by atoms with Crippen molar-refractivity contribution in [3.8, 4) is 0 Å². The Morgan fingerprint density at radius 1 is 1.32 bits per heavy atom. The first kappa shape index (κ1) is 14.8. The molecule has 0 heterocycles. The lowest BCUT2D eigenvalue weighted by molar-refractivity contribution is 0.364. The molecule has 2 atom stereocenters. The summed E-state index contributed by atoms with van der Waals surface area (Å²) in [5.74, 6) is -0.408. The summed E-state index contributed by atoms with van der Waals surface area (Å²) in [5.41, 5.74) is 0. The van der Waals surface area contributed by atoms with E-state index < -0.39 is 15.8 Å². The molecule has 1 fully saturated rings. The van der Waals surface area contributed by atoms with Gasteiger partial charge in [0.2, 0.25) is 10.0 Å². The SMILES string of the molecule is O=S(=O)(NCC1CCCCC1Cl)c1cccc(F)c1. The summed E-state index contributed by atoms with van der Waals surface area (Å²) in [6.45, 7) is 0.313. The van der Waals surface area contributed by atoms with Gasteiger partial charge in [0.15, 0.2) is 0 Å². The van der Waals surface area contributed by atoms with Crippen LogP contribution in [-0.4, -0.2) is 20.3 Å². The summed E-state index contributed by atoms with van der Waals surface area (Å²) in [7, 11) is -3.65. The van der Waals surface area contributed by atoms with Gasteiger partial charge in [0, 0.05) is 11.9 Å². The Hall–Kier alpha value is -0.650. The Balaban J connectivity index is 2.01. The molecule has 1 N–H and O–H groups in total. The largest absolute Gasteiger partial charge is 0.240 e. The number of sulfonamides is 1. The van der Waals surface area contributed by atoms with E-state index in [1.54, 1.807) is 0 Å². The van der Waals surface area contributed by atoms with Gasteiger partial charge in [0.1, 0.15) is 5.82 Å². The second-order valence-electron chi connectivity index (χ2n) is 4.87. The van der Waals surface area contributed by atoms with Gasteiger partial charge in [-0.2, -0.15) is 0 Å². The molecule has 0 aromatic heterocycles. The lowest BCUT2D eigenvalue weighted by Crippen LogP contribution is -2.34. The molecule has 19 heavy (non-hydrogen) atoms. The molecule has 0 saturated heterocycles. The smallest absolute Gasteiger partial charge is 0.211 e. The lowest BCUT2D eigenvalue weighted by atomic mass is 9.89. The Morgan fingerprint density at radius 2 is 2.05 bits per heavy atom. The van der Waals surface area contributed by atoms with Crippen LogP contribution >= 0.6 is 11.6 Å². The highest BCUT2D eigenvalue weighted by molar-refractivity contribution is 7.89. The standard InChI is InChI=1S/C13H17ClFNO2S/c14-13-7-2-1-4-10(13)9-16-19(17,18)12-6-3-5-11(15)8-12/h3,5-6,8,10,13,16H,1-2,4,7,9H2. The number of nitrogens with one attached hydrogen (secondary N) is 1. The van der Waals surface area contributed by atoms with E-state index in [4.69, 9.17) is 11.6 Å². The summed E-state index contributed by atoms with van der Waals surface area (Å²) in [5, 5.41) is 0.0176. The fourth-order valence-electron chi connectivity index (χ4n) is 2.33. The van der Waals surface area contributed by atoms with Gasteiger partial charge in [0.05, 0.1) is 4.90 Å². The van der Waals surface area contributed by atoms with Crippen LogP contribution in [0.25, 0.3) is 0 Å². The molecular weight excluding hydrogens is 289 g/mol. The van der Waals surface area contributed by atoms with Crippen LogP contribution in [0.1, 0.15) is 25.7 Å². The molecule has 1 aliphatic rings. The number of hydrogen-bond acceptors (Lipinski definition) is 2. The molecule has 3 nitrogen and oxygen atoms in total. The topological polar surface area (TPSA) is 46.2 Å². The maximum absolute atomic E-state index is 13.0. The van der Waals surface area contributed by atoms with Crippen molar-refractivity contribution in [2.75, 3.05) is 6.54 Å². The lowest BCUT2D eigenvalue weighted by Gasteiger charge is -2.27. The van der Waals surface area contributed by atoms with E-state index in [0.717, 1.165) is 31.7 Å². The monoisotopic (exact) mass is 305 g/mol. The van der Waals surface area contributed by atoms with Gasteiger partial charge in [-0.15, -0.1) is 11.6 Å². The first-order valence-electron chi connectivity index (χ1n) is 6.38. The number of rotatable bonds is 4. The van der Waals surface area contributed by atoms with Crippen LogP contribution in [0.3, 0.4) is 0 Å². The van der Waals surface area contributed by atoms with E-state index >= 15 is 0 Å². The van der Waals surface area contributed by atoms with Gasteiger partial charge in [-0.1, -0.05) is 18.9 Å². The van der Waals surface area contributed by atoms with Crippen LogP contribution in [0, 0.1) is 11.7 Å². The minimum Gasteiger partial charge on any atom is -0.211 e. The molecule has 6 heteroatoms. The van der Waals surface area contributed by atoms with Crippen LogP contribution in [-0.2, 0) is 10.0 Å². The summed E-state index contributed by atoms with van der Waals surface area (Å²) in [6, 6.07) is 5.00. The zero-order valence-corrected chi connectivity index (χ0v) is 12.1. The molecule has 1 saturated carbocycles. The summed E-state index contributed by atoms with van der Waals surface area (Å²) >= 11 is 6.19. The predicted octanol–water partition coefficient (Wildman–Crippen LogP) is 2.90. The van der Waals surface area contributed by atoms with Gasteiger partial charge in [-0.25, -0.2) is 17.5 Å². The highest BCUT2D eigenvalue weighted by Gasteiger charge is 2.25. The molecule has 1 aromatic rings. The first-order chi connectivity index (χ1) is 8.99. The fourth-order valence-corrected chi connectivity index (χ4v) is 3.82. The number of hydrogen-bond donors (Lipinski definition) is 1. The third kappa shape index (κ3) is 3.91. The molecule has 2 rings (SSSR count). The second kappa shape index (κ2) is 6.20. The molecule has 106 valence electrons. The van der Waals surface area contributed by atoms with Gasteiger partial charge in [0.25, 0.3) is 0 Å². The van der Waals surface area contributed by atoms with Crippen LogP contribution in [0.15, 0.2) is 29.2 Å². The van der Waals surface area contributed by atoms with Gasteiger partial charge in [-0.3, -0.25) is 0 Å². The third-order valence-corrected chi connectivity index (χ3v) is 5.45. The summed E-state index contributed by atoms with van der Waals surface area (Å²) in [6.07, 6.45) is 4.03. The molecule has 0 radical (unpaired) electrons. The number of benzene rings is 1. The van der Waals surface area contributed by atoms with E-state index in [0.29, 0.717) is 6.54 Å². The highest BCUT2D eigenvalue weighted by atomic mass is 35.5. The average molecular weight is 306 g/mol. The molecule has 2 unspecified atom stereocenters. The Labute approximate surface area is 118 Å². The van der Waals surface area contributed by atoms with Crippen molar-refractivity contribution in [1.82, 2.24) is 4.72 Å². The van der Waals surface area contributed by atoms with Gasteiger partial charge in [-0.05, 0) is 37.0 Å². The molecular formula is C13H17ClFNO2S. The predicted molar refractivity (Wildman–Crippen MR) is 73.2 cm³/mol. The number of halogens is 2. The van der Waals surface area contributed by atoms with Crippen molar-refractivity contribution < 1.29 is 12.8 Å². The van der Waals surface area contributed by atoms with Gasteiger partial charge < -0.3 is 0 Å². The minimum absolute atomic E-state index is 0.0176. The zero-order valence-electron chi connectivity index (χ0n) is 10.5. The third-order valence-electron chi connectivity index (χ3n) is 3.46. The van der Waals surface area contributed by atoms with E-state index in [9.17, 15) is 12.8 Å². The van der Waals surface area contributed by atoms with Crippen LogP contribution in [0.5, 0.6) is 0 Å². The zero-order chi connectivity index (χ0) is 13.9. The number of alkyl halides is 1. The Kier molecular flexibility index (Phi) is 4.81. The van der Waals surface area contributed by atoms with Crippen molar-refractivity contribution in [3.63, 3.8) is 0 Å². The molecule has 0 aliphatic heterocycles. The fraction of sp³-hybridized carbons (Fsp3) is 0.538. The molecule has 0 amide bonds. The summed E-state index contributed by atoms with van der Waals surface area (Å²) < 4.78 is 39.6. The normalized spacial score (nSPS) is 24.3.